The number of anilines is 1. The van der Waals surface area contributed by atoms with Crippen LogP contribution in [-0.2, 0) is 9.53 Å². The summed E-state index contributed by atoms with van der Waals surface area (Å²) in [5.41, 5.74) is 7.59. The number of amides is 1. The van der Waals surface area contributed by atoms with Crippen LogP contribution in [0.5, 0.6) is 0 Å². The van der Waals surface area contributed by atoms with E-state index in [-0.39, 0.29) is 11.9 Å². The van der Waals surface area contributed by atoms with Crippen molar-refractivity contribution in [2.24, 2.45) is 5.73 Å². The van der Waals surface area contributed by atoms with Crippen molar-refractivity contribution in [1.82, 2.24) is 0 Å². The van der Waals surface area contributed by atoms with Gasteiger partial charge < -0.3 is 15.8 Å². The molecule has 0 aliphatic rings. The highest BCUT2D eigenvalue weighted by Crippen LogP contribution is 2.15. The van der Waals surface area contributed by atoms with Gasteiger partial charge in [-0.3, -0.25) is 4.79 Å². The van der Waals surface area contributed by atoms with Crippen molar-refractivity contribution < 1.29 is 9.53 Å². The van der Waals surface area contributed by atoms with Gasteiger partial charge in [0.25, 0.3) is 0 Å². The van der Waals surface area contributed by atoms with Crippen molar-refractivity contribution >= 4 is 11.6 Å². The van der Waals surface area contributed by atoms with E-state index < -0.39 is 0 Å². The summed E-state index contributed by atoms with van der Waals surface area (Å²) in [6, 6.07) is 7.58. The van der Waals surface area contributed by atoms with E-state index in [4.69, 9.17) is 10.5 Å². The molecule has 4 heteroatoms. The molecular weight excluding hydrogens is 216 g/mol. The van der Waals surface area contributed by atoms with Gasteiger partial charge in [-0.05, 0) is 31.0 Å². The summed E-state index contributed by atoms with van der Waals surface area (Å²) >= 11 is 0. The van der Waals surface area contributed by atoms with E-state index in [0.717, 1.165) is 17.7 Å². The van der Waals surface area contributed by atoms with Crippen LogP contribution < -0.4 is 11.1 Å². The van der Waals surface area contributed by atoms with Gasteiger partial charge in [0.05, 0.1) is 0 Å². The number of rotatable bonds is 6. The standard InChI is InChI=1S/C13H20N2O2/c1-10(14)11-5-3-6-12(9-11)15-13(16)7-4-8-17-2/h3,5-6,9-10H,4,7-8,14H2,1-2H3,(H,15,16). The Labute approximate surface area is 102 Å². The summed E-state index contributed by atoms with van der Waals surface area (Å²) in [6.45, 7) is 2.52. The second kappa shape index (κ2) is 7.04. The van der Waals surface area contributed by atoms with Gasteiger partial charge in [0.15, 0.2) is 0 Å². The topological polar surface area (TPSA) is 64.3 Å². The zero-order valence-electron chi connectivity index (χ0n) is 10.4. The normalized spacial score (nSPS) is 12.2. The van der Waals surface area contributed by atoms with Crippen molar-refractivity contribution in [2.75, 3.05) is 19.0 Å². The van der Waals surface area contributed by atoms with Crippen LogP contribution in [0.25, 0.3) is 0 Å². The summed E-state index contributed by atoms with van der Waals surface area (Å²) in [7, 11) is 1.63. The number of nitrogens with two attached hydrogens (primary N) is 1. The third kappa shape index (κ3) is 4.97. The van der Waals surface area contributed by atoms with E-state index >= 15 is 0 Å². The van der Waals surface area contributed by atoms with Gasteiger partial charge in [-0.25, -0.2) is 0 Å². The molecular formula is C13H20N2O2. The highest BCUT2D eigenvalue weighted by Gasteiger charge is 2.04. The van der Waals surface area contributed by atoms with Gasteiger partial charge in [-0.1, -0.05) is 12.1 Å². The first-order chi connectivity index (χ1) is 8.13. The lowest BCUT2D eigenvalue weighted by atomic mass is 10.1. The van der Waals surface area contributed by atoms with Gasteiger partial charge in [-0.15, -0.1) is 0 Å². The van der Waals surface area contributed by atoms with Crippen LogP contribution in [0, 0.1) is 0 Å². The number of ether oxygens (including phenoxy) is 1. The maximum atomic E-state index is 11.6. The van der Waals surface area contributed by atoms with Gasteiger partial charge in [-0.2, -0.15) is 0 Å². The van der Waals surface area contributed by atoms with Gasteiger partial charge in [0.1, 0.15) is 0 Å². The van der Waals surface area contributed by atoms with Crippen molar-refractivity contribution in [3.63, 3.8) is 0 Å². The molecule has 94 valence electrons. The molecule has 4 nitrogen and oxygen atoms in total. The van der Waals surface area contributed by atoms with Crippen LogP contribution in [0.1, 0.15) is 31.4 Å². The molecule has 0 aliphatic carbocycles. The van der Waals surface area contributed by atoms with Crippen molar-refractivity contribution in [2.45, 2.75) is 25.8 Å². The van der Waals surface area contributed by atoms with Gasteiger partial charge in [0.2, 0.25) is 5.91 Å². The Bertz CT molecular complexity index is 364. The zero-order chi connectivity index (χ0) is 12.7. The van der Waals surface area contributed by atoms with Gasteiger partial charge >= 0.3 is 0 Å². The molecule has 0 bridgehead atoms. The lowest BCUT2D eigenvalue weighted by molar-refractivity contribution is -0.116. The minimum atomic E-state index is -0.0275. The van der Waals surface area contributed by atoms with Crippen LogP contribution in [0.2, 0.25) is 0 Å². The molecule has 1 aromatic carbocycles. The summed E-state index contributed by atoms with van der Waals surface area (Å²) in [5.74, 6) is 0.00359. The molecule has 1 aromatic rings. The first-order valence-electron chi connectivity index (χ1n) is 5.78. The third-order valence-electron chi connectivity index (χ3n) is 2.45. The fourth-order valence-corrected chi connectivity index (χ4v) is 1.50. The van der Waals surface area contributed by atoms with E-state index in [0.29, 0.717) is 13.0 Å². The van der Waals surface area contributed by atoms with E-state index in [2.05, 4.69) is 5.32 Å². The molecule has 0 aliphatic heterocycles. The smallest absolute Gasteiger partial charge is 0.224 e. The summed E-state index contributed by atoms with van der Waals surface area (Å²) in [5, 5.41) is 2.85. The molecule has 3 N–H and O–H groups in total. The van der Waals surface area contributed by atoms with E-state index in [9.17, 15) is 4.79 Å². The fourth-order valence-electron chi connectivity index (χ4n) is 1.50. The summed E-state index contributed by atoms with van der Waals surface area (Å²) in [6.07, 6.45) is 1.20. The molecule has 0 radical (unpaired) electrons. The molecule has 0 saturated heterocycles. The maximum absolute atomic E-state index is 11.6. The van der Waals surface area contributed by atoms with Crippen molar-refractivity contribution in [3.8, 4) is 0 Å². The van der Waals surface area contributed by atoms with E-state index in [1.165, 1.54) is 0 Å². The molecule has 0 spiro atoms. The Hall–Kier alpha value is -1.39. The molecule has 0 fully saturated rings. The highest BCUT2D eigenvalue weighted by atomic mass is 16.5. The minimum absolute atomic E-state index is 0.00359. The monoisotopic (exact) mass is 236 g/mol. The predicted molar refractivity (Wildman–Crippen MR) is 68.8 cm³/mol. The second-order valence-electron chi connectivity index (χ2n) is 4.06. The molecule has 1 amide bonds. The Morgan fingerprint density at radius 1 is 1.53 bits per heavy atom. The molecule has 17 heavy (non-hydrogen) atoms. The molecule has 0 saturated carbocycles. The number of hydrogen-bond donors (Lipinski definition) is 2. The number of hydrogen-bond acceptors (Lipinski definition) is 3. The van der Waals surface area contributed by atoms with Crippen molar-refractivity contribution in [3.05, 3.63) is 29.8 Å². The maximum Gasteiger partial charge on any atom is 0.224 e. The number of methoxy groups -OCH3 is 1. The molecule has 1 atom stereocenters. The fraction of sp³-hybridized carbons (Fsp3) is 0.462. The lowest BCUT2D eigenvalue weighted by Gasteiger charge is -2.09. The number of carbonyl (C=O) groups excluding carboxylic acids is 1. The van der Waals surface area contributed by atoms with E-state index in [1.54, 1.807) is 7.11 Å². The lowest BCUT2D eigenvalue weighted by Crippen LogP contribution is -2.13. The molecule has 0 aromatic heterocycles. The minimum Gasteiger partial charge on any atom is -0.385 e. The van der Waals surface area contributed by atoms with Crippen LogP contribution in [0.15, 0.2) is 24.3 Å². The Kier molecular flexibility index (Phi) is 5.66. The molecule has 0 heterocycles. The first kappa shape index (κ1) is 13.7. The third-order valence-corrected chi connectivity index (χ3v) is 2.45. The van der Waals surface area contributed by atoms with Crippen LogP contribution >= 0.6 is 0 Å². The number of carbonyl (C=O) groups is 1. The number of benzene rings is 1. The molecule has 1 unspecified atom stereocenters. The molecule has 1 rings (SSSR count). The highest BCUT2D eigenvalue weighted by molar-refractivity contribution is 5.90. The zero-order valence-corrected chi connectivity index (χ0v) is 10.4. The predicted octanol–water partition coefficient (Wildman–Crippen LogP) is 2.07. The summed E-state index contributed by atoms with van der Waals surface area (Å²) in [4.78, 5) is 11.6. The quantitative estimate of drug-likeness (QED) is 0.743. The largest absolute Gasteiger partial charge is 0.385 e. The summed E-state index contributed by atoms with van der Waals surface area (Å²) < 4.78 is 4.90. The Balaban J connectivity index is 2.50. The van der Waals surface area contributed by atoms with Crippen molar-refractivity contribution in [1.29, 1.82) is 0 Å². The first-order valence-corrected chi connectivity index (χ1v) is 5.78. The second-order valence-corrected chi connectivity index (χ2v) is 4.06. The van der Waals surface area contributed by atoms with Crippen LogP contribution in [0.4, 0.5) is 5.69 Å². The Morgan fingerprint density at radius 3 is 2.94 bits per heavy atom. The van der Waals surface area contributed by atoms with Crippen LogP contribution in [0.3, 0.4) is 0 Å². The Morgan fingerprint density at radius 2 is 2.29 bits per heavy atom. The van der Waals surface area contributed by atoms with E-state index in [1.807, 2.05) is 31.2 Å². The number of nitrogens with one attached hydrogen (secondary N) is 1. The SMILES string of the molecule is COCCCC(=O)Nc1cccc(C(C)N)c1. The average molecular weight is 236 g/mol. The average Bonchev–Trinajstić information content (AvgIpc) is 2.29. The van der Waals surface area contributed by atoms with Crippen LogP contribution in [-0.4, -0.2) is 19.6 Å². The van der Waals surface area contributed by atoms with Gasteiger partial charge in [0, 0.05) is 31.9 Å².